The Hall–Kier alpha value is -1.39. The fourth-order valence-corrected chi connectivity index (χ4v) is 2.68. The Morgan fingerprint density at radius 1 is 1.53 bits per heavy atom. The maximum absolute atomic E-state index is 12.0. The smallest absolute Gasteiger partial charge is 0.361 e. The lowest BCUT2D eigenvalue weighted by molar-refractivity contribution is -0.177. The zero-order valence-electron chi connectivity index (χ0n) is 10.4. The molecule has 1 saturated carbocycles. The minimum absolute atomic E-state index is 0.0330. The summed E-state index contributed by atoms with van der Waals surface area (Å²) in [6.45, 7) is 5.26. The number of esters is 2. The Balaban J connectivity index is 2.22. The second-order valence-electron chi connectivity index (χ2n) is 4.98. The average molecular weight is 239 g/mol. The summed E-state index contributed by atoms with van der Waals surface area (Å²) in [6.07, 6.45) is 2.33. The Kier molecular flexibility index (Phi) is 2.93. The number of hydrogen-bond donors (Lipinski definition) is 0. The van der Waals surface area contributed by atoms with Crippen molar-refractivity contribution in [2.24, 2.45) is 17.0 Å². The van der Waals surface area contributed by atoms with E-state index in [1.165, 1.54) is 6.92 Å². The number of ether oxygens (including phenoxy) is 1. The summed E-state index contributed by atoms with van der Waals surface area (Å²) in [5.74, 6) is -0.983. The predicted octanol–water partition coefficient (Wildman–Crippen LogP) is 1.66. The highest BCUT2D eigenvalue weighted by atomic mass is 16.7. The third-order valence-corrected chi connectivity index (χ3v) is 3.45. The zero-order chi connectivity index (χ0) is 12.6. The van der Waals surface area contributed by atoms with Gasteiger partial charge in [-0.3, -0.25) is 4.79 Å². The molecule has 5 heteroatoms. The first-order chi connectivity index (χ1) is 7.97. The molecule has 2 aliphatic rings. The van der Waals surface area contributed by atoms with E-state index in [4.69, 9.17) is 9.57 Å². The molecule has 0 amide bonds. The molecule has 2 atom stereocenters. The van der Waals surface area contributed by atoms with Crippen LogP contribution in [0.15, 0.2) is 5.16 Å². The summed E-state index contributed by atoms with van der Waals surface area (Å²) in [7, 11) is 0. The molecule has 0 N–H and O–H groups in total. The molecule has 0 radical (unpaired) electrons. The van der Waals surface area contributed by atoms with Gasteiger partial charge in [-0.15, -0.1) is 0 Å². The highest BCUT2D eigenvalue weighted by Gasteiger charge is 2.59. The topological polar surface area (TPSA) is 65.0 Å². The van der Waals surface area contributed by atoms with Crippen molar-refractivity contribution < 1.29 is 19.2 Å². The molecule has 1 heterocycles. The van der Waals surface area contributed by atoms with Crippen molar-refractivity contribution in [3.05, 3.63) is 0 Å². The van der Waals surface area contributed by atoms with Gasteiger partial charge in [-0.2, -0.15) is 0 Å². The van der Waals surface area contributed by atoms with Gasteiger partial charge in [0.25, 0.3) is 0 Å². The average Bonchev–Trinajstić information content (AvgIpc) is 2.72. The van der Waals surface area contributed by atoms with Crippen LogP contribution >= 0.6 is 0 Å². The van der Waals surface area contributed by atoms with Crippen molar-refractivity contribution in [3.63, 3.8) is 0 Å². The van der Waals surface area contributed by atoms with Crippen LogP contribution in [0.5, 0.6) is 0 Å². The maximum atomic E-state index is 12.0. The highest BCUT2D eigenvalue weighted by Crippen LogP contribution is 2.46. The van der Waals surface area contributed by atoms with Gasteiger partial charge in [-0.05, 0) is 18.8 Å². The Bertz CT molecular complexity index is 388. The summed E-state index contributed by atoms with van der Waals surface area (Å²) in [5.41, 5.74) is -0.131. The van der Waals surface area contributed by atoms with Crippen LogP contribution in [0.2, 0.25) is 0 Å². The van der Waals surface area contributed by atoms with Crippen LogP contribution in [-0.4, -0.2) is 23.3 Å². The van der Waals surface area contributed by atoms with Crippen LogP contribution in [0.3, 0.4) is 0 Å². The molecule has 17 heavy (non-hydrogen) atoms. The van der Waals surface area contributed by atoms with Crippen molar-refractivity contribution >= 4 is 17.7 Å². The van der Waals surface area contributed by atoms with Crippen LogP contribution in [0.1, 0.15) is 40.0 Å². The SMILES string of the molecule is CC(=O)OC(=O)C12CCCC1C(C(C)C)=NO2. The molecule has 1 aliphatic carbocycles. The monoisotopic (exact) mass is 239 g/mol. The van der Waals surface area contributed by atoms with Gasteiger partial charge in [-0.1, -0.05) is 19.0 Å². The van der Waals surface area contributed by atoms with Gasteiger partial charge in [0, 0.05) is 13.3 Å². The quantitative estimate of drug-likeness (QED) is 0.543. The summed E-state index contributed by atoms with van der Waals surface area (Å²) < 4.78 is 4.69. The van der Waals surface area contributed by atoms with Crippen molar-refractivity contribution in [1.29, 1.82) is 0 Å². The Labute approximate surface area is 100 Å². The maximum Gasteiger partial charge on any atom is 0.361 e. The van der Waals surface area contributed by atoms with Crippen LogP contribution in [0.4, 0.5) is 0 Å². The standard InChI is InChI=1S/C12H17NO4/c1-7(2)10-9-5-4-6-12(9,17-13-10)11(15)16-8(3)14/h7,9H,4-6H2,1-3H3. The van der Waals surface area contributed by atoms with Crippen molar-refractivity contribution in [2.45, 2.75) is 45.6 Å². The first kappa shape index (κ1) is 12.1. The number of carbonyl (C=O) groups is 2. The van der Waals surface area contributed by atoms with Gasteiger partial charge in [-0.25, -0.2) is 4.79 Å². The van der Waals surface area contributed by atoms with E-state index in [-0.39, 0.29) is 11.8 Å². The lowest BCUT2D eigenvalue weighted by Gasteiger charge is -2.24. The van der Waals surface area contributed by atoms with E-state index >= 15 is 0 Å². The van der Waals surface area contributed by atoms with Gasteiger partial charge in [0.1, 0.15) is 0 Å². The second-order valence-corrected chi connectivity index (χ2v) is 4.98. The van der Waals surface area contributed by atoms with E-state index < -0.39 is 17.5 Å². The number of hydrogen-bond acceptors (Lipinski definition) is 5. The molecule has 0 saturated heterocycles. The Morgan fingerprint density at radius 3 is 2.82 bits per heavy atom. The van der Waals surface area contributed by atoms with Gasteiger partial charge < -0.3 is 9.57 Å². The molecular formula is C12H17NO4. The van der Waals surface area contributed by atoms with E-state index in [9.17, 15) is 9.59 Å². The molecule has 5 nitrogen and oxygen atoms in total. The van der Waals surface area contributed by atoms with E-state index in [1.807, 2.05) is 13.8 Å². The summed E-state index contributed by atoms with van der Waals surface area (Å²) in [5, 5.41) is 4.02. The van der Waals surface area contributed by atoms with Crippen LogP contribution in [0.25, 0.3) is 0 Å². The predicted molar refractivity (Wildman–Crippen MR) is 60.2 cm³/mol. The lowest BCUT2D eigenvalue weighted by atomic mass is 9.83. The van der Waals surface area contributed by atoms with Gasteiger partial charge >= 0.3 is 11.9 Å². The number of carbonyl (C=O) groups excluding carboxylic acids is 2. The molecule has 1 aliphatic heterocycles. The summed E-state index contributed by atoms with van der Waals surface area (Å²) in [4.78, 5) is 28.2. The second kappa shape index (κ2) is 4.13. The molecule has 1 fully saturated rings. The third-order valence-electron chi connectivity index (χ3n) is 3.45. The first-order valence-electron chi connectivity index (χ1n) is 5.96. The van der Waals surface area contributed by atoms with E-state index in [2.05, 4.69) is 5.16 Å². The Morgan fingerprint density at radius 2 is 2.24 bits per heavy atom. The largest absolute Gasteiger partial charge is 0.390 e. The van der Waals surface area contributed by atoms with Crippen LogP contribution in [0, 0.1) is 11.8 Å². The van der Waals surface area contributed by atoms with Gasteiger partial charge in [0.2, 0.25) is 5.60 Å². The molecule has 0 aromatic carbocycles. The fourth-order valence-electron chi connectivity index (χ4n) is 2.68. The fraction of sp³-hybridized carbons (Fsp3) is 0.750. The number of rotatable bonds is 2. The van der Waals surface area contributed by atoms with Crippen molar-refractivity contribution in [3.8, 4) is 0 Å². The third kappa shape index (κ3) is 1.83. The lowest BCUT2D eigenvalue weighted by Crippen LogP contribution is -2.45. The normalized spacial score (nSPS) is 30.8. The van der Waals surface area contributed by atoms with Crippen molar-refractivity contribution in [1.82, 2.24) is 0 Å². The minimum Gasteiger partial charge on any atom is -0.390 e. The van der Waals surface area contributed by atoms with E-state index in [1.54, 1.807) is 0 Å². The first-order valence-corrected chi connectivity index (χ1v) is 5.96. The van der Waals surface area contributed by atoms with E-state index in [0.717, 1.165) is 18.6 Å². The van der Waals surface area contributed by atoms with Crippen molar-refractivity contribution in [2.75, 3.05) is 0 Å². The van der Waals surface area contributed by atoms with E-state index in [0.29, 0.717) is 6.42 Å². The number of fused-ring (bicyclic) bond motifs is 1. The molecule has 2 rings (SSSR count). The molecular weight excluding hydrogens is 222 g/mol. The minimum atomic E-state index is -1.04. The molecule has 0 bridgehead atoms. The molecule has 0 aromatic rings. The number of nitrogens with zero attached hydrogens (tertiary/aromatic N) is 1. The zero-order valence-corrected chi connectivity index (χ0v) is 10.4. The summed E-state index contributed by atoms with van der Waals surface area (Å²) in [6, 6.07) is 0. The summed E-state index contributed by atoms with van der Waals surface area (Å²) >= 11 is 0. The van der Waals surface area contributed by atoms with Gasteiger partial charge in [0.05, 0.1) is 11.6 Å². The molecule has 2 unspecified atom stereocenters. The van der Waals surface area contributed by atoms with Crippen LogP contribution in [-0.2, 0) is 19.2 Å². The molecule has 0 spiro atoms. The van der Waals surface area contributed by atoms with Gasteiger partial charge in [0.15, 0.2) is 0 Å². The van der Waals surface area contributed by atoms with Crippen LogP contribution < -0.4 is 0 Å². The number of oxime groups is 1. The highest BCUT2D eigenvalue weighted by molar-refractivity contribution is 5.99. The molecule has 94 valence electrons. The molecule has 0 aromatic heterocycles.